The summed E-state index contributed by atoms with van der Waals surface area (Å²) in [6.07, 6.45) is 3.14. The number of allylic oxidation sites excluding steroid dienone is 1. The van der Waals surface area contributed by atoms with Gasteiger partial charge < -0.3 is 0 Å². The predicted octanol–water partition coefficient (Wildman–Crippen LogP) is 4.57. The minimum Gasteiger partial charge on any atom is -0.279 e. The highest BCUT2D eigenvalue weighted by Gasteiger charge is 2.16. The Morgan fingerprint density at radius 2 is 1.86 bits per heavy atom. The van der Waals surface area contributed by atoms with Crippen molar-refractivity contribution in [1.29, 1.82) is 0 Å². The van der Waals surface area contributed by atoms with Crippen molar-refractivity contribution < 1.29 is 8.42 Å². The summed E-state index contributed by atoms with van der Waals surface area (Å²) in [5, 5.41) is 0.547. The maximum absolute atomic E-state index is 12.5. The van der Waals surface area contributed by atoms with Gasteiger partial charge in [0.05, 0.1) is 10.6 Å². The third-order valence-corrected chi connectivity index (χ3v) is 5.03. The first-order valence-electron chi connectivity index (χ1n) is 6.92. The van der Waals surface area contributed by atoms with Crippen LogP contribution in [0.4, 0.5) is 5.69 Å². The zero-order valence-electron chi connectivity index (χ0n) is 12.3. The number of anilines is 1. The van der Waals surface area contributed by atoms with E-state index in [4.69, 9.17) is 11.6 Å². The molecule has 1 N–H and O–H groups in total. The fourth-order valence-electron chi connectivity index (χ4n) is 2.08. The fourth-order valence-corrected chi connectivity index (χ4v) is 3.44. The Labute approximate surface area is 136 Å². The van der Waals surface area contributed by atoms with Crippen LogP contribution < -0.4 is 4.72 Å². The lowest BCUT2D eigenvalue weighted by molar-refractivity contribution is 0.601. The van der Waals surface area contributed by atoms with Crippen molar-refractivity contribution in [3.05, 3.63) is 71.3 Å². The number of aryl methyl sites for hydroxylation is 1. The van der Waals surface area contributed by atoms with Crippen molar-refractivity contribution in [3.63, 3.8) is 0 Å². The number of rotatable bonds is 6. The average molecular weight is 336 g/mol. The second-order valence-corrected chi connectivity index (χ2v) is 7.10. The van der Waals surface area contributed by atoms with Crippen LogP contribution in [0.15, 0.2) is 60.0 Å². The highest BCUT2D eigenvalue weighted by atomic mass is 35.5. The molecule has 0 aromatic heterocycles. The molecule has 0 aliphatic heterocycles. The lowest BCUT2D eigenvalue weighted by Crippen LogP contribution is -2.14. The largest absolute Gasteiger partial charge is 0.279 e. The Balaban J connectivity index is 2.35. The van der Waals surface area contributed by atoms with E-state index in [-0.39, 0.29) is 4.90 Å². The van der Waals surface area contributed by atoms with Gasteiger partial charge in [-0.15, -0.1) is 6.58 Å². The molecule has 5 heteroatoms. The van der Waals surface area contributed by atoms with Crippen LogP contribution >= 0.6 is 11.6 Å². The van der Waals surface area contributed by atoms with E-state index in [9.17, 15) is 8.42 Å². The molecular formula is C17H18ClNO2S. The van der Waals surface area contributed by atoms with Crippen LogP contribution in [0, 0.1) is 6.92 Å². The Hall–Kier alpha value is -1.78. The van der Waals surface area contributed by atoms with Gasteiger partial charge in [0.2, 0.25) is 0 Å². The van der Waals surface area contributed by atoms with Crippen molar-refractivity contribution in [3.8, 4) is 0 Å². The summed E-state index contributed by atoms with van der Waals surface area (Å²) in [6, 6.07) is 11.9. The minimum atomic E-state index is -3.63. The van der Waals surface area contributed by atoms with Gasteiger partial charge >= 0.3 is 0 Å². The third-order valence-electron chi connectivity index (χ3n) is 3.29. The van der Waals surface area contributed by atoms with Crippen molar-refractivity contribution in [2.45, 2.75) is 24.7 Å². The van der Waals surface area contributed by atoms with Crippen molar-refractivity contribution >= 4 is 27.3 Å². The van der Waals surface area contributed by atoms with Crippen LogP contribution in [-0.2, 0) is 16.4 Å². The molecule has 0 saturated carbocycles. The van der Waals surface area contributed by atoms with Gasteiger partial charge in [-0.3, -0.25) is 4.72 Å². The molecule has 2 aromatic carbocycles. The highest BCUT2D eigenvalue weighted by molar-refractivity contribution is 7.92. The second-order valence-electron chi connectivity index (χ2n) is 5.01. The Kier molecular flexibility index (Phi) is 5.27. The third kappa shape index (κ3) is 3.90. The number of sulfonamides is 1. The Morgan fingerprint density at radius 1 is 1.18 bits per heavy atom. The van der Waals surface area contributed by atoms with E-state index in [2.05, 4.69) is 11.3 Å². The SMILES string of the molecule is C=CCCc1c(Cl)cccc1NS(=O)(=O)c1ccc(C)cc1. The van der Waals surface area contributed by atoms with Crippen LogP contribution in [0.5, 0.6) is 0 Å². The molecule has 0 aliphatic carbocycles. The van der Waals surface area contributed by atoms with Crippen LogP contribution in [0.2, 0.25) is 5.02 Å². The highest BCUT2D eigenvalue weighted by Crippen LogP contribution is 2.28. The second kappa shape index (κ2) is 6.99. The lowest BCUT2D eigenvalue weighted by Gasteiger charge is -2.13. The van der Waals surface area contributed by atoms with Crippen molar-refractivity contribution in [2.24, 2.45) is 0 Å². The standard InChI is InChI=1S/C17H18ClNO2S/c1-3-4-6-15-16(18)7-5-8-17(15)19-22(20,21)14-11-9-13(2)10-12-14/h3,5,7-12,19H,1,4,6H2,2H3. The van der Waals surface area contributed by atoms with E-state index in [1.54, 1.807) is 48.5 Å². The van der Waals surface area contributed by atoms with Crippen LogP contribution in [0.1, 0.15) is 17.5 Å². The number of hydrogen-bond acceptors (Lipinski definition) is 2. The van der Waals surface area contributed by atoms with Gasteiger partial charge in [-0.2, -0.15) is 0 Å². The van der Waals surface area contributed by atoms with Gasteiger partial charge in [0.15, 0.2) is 0 Å². The minimum absolute atomic E-state index is 0.229. The topological polar surface area (TPSA) is 46.2 Å². The Bertz CT molecular complexity index is 768. The summed E-state index contributed by atoms with van der Waals surface area (Å²) >= 11 is 6.19. The van der Waals surface area contributed by atoms with Gasteiger partial charge in [0, 0.05) is 5.02 Å². The molecule has 0 heterocycles. The molecule has 0 saturated heterocycles. The maximum Gasteiger partial charge on any atom is 0.261 e. The molecule has 0 aliphatic rings. The van der Waals surface area contributed by atoms with Crippen LogP contribution in [0.25, 0.3) is 0 Å². The van der Waals surface area contributed by atoms with Gasteiger partial charge in [-0.05, 0) is 49.6 Å². The molecule has 0 radical (unpaired) electrons. The monoisotopic (exact) mass is 335 g/mol. The summed E-state index contributed by atoms with van der Waals surface area (Å²) in [4.78, 5) is 0.229. The lowest BCUT2D eigenvalue weighted by atomic mass is 10.1. The number of halogens is 1. The molecule has 0 atom stereocenters. The van der Waals surface area contributed by atoms with Crippen molar-refractivity contribution in [1.82, 2.24) is 0 Å². The molecule has 0 spiro atoms. The fraction of sp³-hybridized carbons (Fsp3) is 0.176. The molecule has 3 nitrogen and oxygen atoms in total. The first-order valence-corrected chi connectivity index (χ1v) is 8.78. The van der Waals surface area contributed by atoms with Gasteiger partial charge in [-0.1, -0.05) is 41.4 Å². The number of benzene rings is 2. The van der Waals surface area contributed by atoms with Gasteiger partial charge in [0.25, 0.3) is 10.0 Å². The summed E-state index contributed by atoms with van der Waals surface area (Å²) in [5.74, 6) is 0. The first-order chi connectivity index (χ1) is 10.4. The van der Waals surface area contributed by atoms with E-state index < -0.39 is 10.0 Å². The summed E-state index contributed by atoms with van der Waals surface area (Å²) in [7, 11) is -3.63. The molecule has 2 rings (SSSR count). The van der Waals surface area contributed by atoms with E-state index in [0.29, 0.717) is 17.1 Å². The zero-order chi connectivity index (χ0) is 16.2. The van der Waals surface area contributed by atoms with Crippen molar-refractivity contribution in [2.75, 3.05) is 4.72 Å². The molecule has 0 bridgehead atoms. The van der Waals surface area contributed by atoms with E-state index in [1.165, 1.54) is 0 Å². The summed E-state index contributed by atoms with van der Waals surface area (Å²) in [5.41, 5.74) is 2.29. The summed E-state index contributed by atoms with van der Waals surface area (Å²) in [6.45, 7) is 5.59. The average Bonchev–Trinajstić information content (AvgIpc) is 2.47. The Morgan fingerprint density at radius 3 is 2.50 bits per heavy atom. The van der Waals surface area contributed by atoms with E-state index in [1.807, 2.05) is 6.92 Å². The molecule has 0 fully saturated rings. The van der Waals surface area contributed by atoms with E-state index >= 15 is 0 Å². The predicted molar refractivity (Wildman–Crippen MR) is 92.0 cm³/mol. The normalized spacial score (nSPS) is 11.2. The molecule has 2 aromatic rings. The maximum atomic E-state index is 12.5. The summed E-state index contributed by atoms with van der Waals surface area (Å²) < 4.78 is 27.6. The quantitative estimate of drug-likeness (QED) is 0.786. The van der Waals surface area contributed by atoms with Crippen LogP contribution in [0.3, 0.4) is 0 Å². The smallest absolute Gasteiger partial charge is 0.261 e. The van der Waals surface area contributed by atoms with E-state index in [0.717, 1.165) is 17.5 Å². The molecule has 116 valence electrons. The number of nitrogens with one attached hydrogen (secondary N) is 1. The molecular weight excluding hydrogens is 318 g/mol. The molecule has 0 unspecified atom stereocenters. The van der Waals surface area contributed by atoms with Gasteiger partial charge in [-0.25, -0.2) is 8.42 Å². The van der Waals surface area contributed by atoms with Crippen LogP contribution in [-0.4, -0.2) is 8.42 Å². The van der Waals surface area contributed by atoms with Gasteiger partial charge in [0.1, 0.15) is 0 Å². The number of hydrogen-bond donors (Lipinski definition) is 1. The zero-order valence-corrected chi connectivity index (χ0v) is 13.9. The molecule has 22 heavy (non-hydrogen) atoms. The molecule has 0 amide bonds. The first kappa shape index (κ1) is 16.6.